The second-order valence-electron chi connectivity index (χ2n) is 10.8. The summed E-state index contributed by atoms with van der Waals surface area (Å²) in [6, 6.07) is 40.6. The predicted octanol–water partition coefficient (Wildman–Crippen LogP) is 6.82. The summed E-state index contributed by atoms with van der Waals surface area (Å²) in [5.41, 5.74) is 2.89. The number of aliphatic hydroxyl groups is 2. The third kappa shape index (κ3) is 7.00. The van der Waals surface area contributed by atoms with E-state index in [2.05, 4.69) is 0 Å². The van der Waals surface area contributed by atoms with Crippen LogP contribution in [0.25, 0.3) is 0 Å². The maximum Gasteiger partial charge on any atom is 0.161 e. The largest absolute Gasteiger partial charge is 0.490 e. The fourth-order valence-electron chi connectivity index (χ4n) is 5.13. The lowest BCUT2D eigenvalue weighted by molar-refractivity contribution is -0.114. The fraction of sp³-hybridized carbons (Fsp3) is 0.189. The second-order valence-corrected chi connectivity index (χ2v) is 10.8. The first-order valence-electron chi connectivity index (χ1n) is 14.4. The van der Waals surface area contributed by atoms with E-state index in [4.69, 9.17) is 18.9 Å². The Hall–Kier alpha value is -4.78. The van der Waals surface area contributed by atoms with Crippen molar-refractivity contribution in [3.05, 3.63) is 155 Å². The molecule has 0 spiro atoms. The van der Waals surface area contributed by atoms with Crippen LogP contribution in [-0.2, 0) is 26.2 Å². The van der Waals surface area contributed by atoms with E-state index in [9.17, 15) is 10.2 Å². The monoisotopic (exact) mass is 574 g/mol. The first kappa shape index (κ1) is 28.3. The van der Waals surface area contributed by atoms with Gasteiger partial charge in [0.25, 0.3) is 0 Å². The van der Waals surface area contributed by atoms with Crippen LogP contribution in [-0.4, -0.2) is 22.4 Å². The molecule has 6 heteroatoms. The summed E-state index contributed by atoms with van der Waals surface area (Å²) in [6.07, 6.45) is -0.998. The molecular weight excluding hydrogens is 540 g/mol. The van der Waals surface area contributed by atoms with Crippen LogP contribution >= 0.6 is 0 Å². The molecule has 1 heterocycles. The number of aliphatic hydroxyl groups excluding tert-OH is 1. The zero-order valence-corrected chi connectivity index (χ0v) is 23.8. The maximum absolute atomic E-state index is 11.6. The van der Waals surface area contributed by atoms with Gasteiger partial charge < -0.3 is 29.2 Å². The Morgan fingerprint density at radius 2 is 1.16 bits per heavy atom. The molecule has 2 atom stereocenters. The molecule has 0 aliphatic carbocycles. The lowest BCUT2D eigenvalue weighted by Crippen LogP contribution is -2.47. The molecule has 5 aromatic rings. The highest BCUT2D eigenvalue weighted by Gasteiger charge is 2.43. The van der Waals surface area contributed by atoms with Crippen molar-refractivity contribution in [2.75, 3.05) is 6.61 Å². The summed E-state index contributed by atoms with van der Waals surface area (Å²) in [5.74, 6) is 2.29. The molecule has 6 nitrogen and oxygen atoms in total. The van der Waals surface area contributed by atoms with Crippen LogP contribution < -0.4 is 18.9 Å². The quantitative estimate of drug-likeness (QED) is 0.180. The van der Waals surface area contributed by atoms with E-state index < -0.39 is 11.7 Å². The Morgan fingerprint density at radius 3 is 1.77 bits per heavy atom. The molecule has 43 heavy (non-hydrogen) atoms. The Bertz CT molecular complexity index is 1620. The number of fused-ring (bicyclic) bond motifs is 1. The number of rotatable bonds is 11. The SMILES string of the molecule is O[C@H]1c2ccc(OCc3ccccc3)cc2OC[C@]1(O)Cc1ccc(OCc2ccccc2)c(OCc2ccccc2)c1. The van der Waals surface area contributed by atoms with Crippen molar-refractivity contribution in [1.82, 2.24) is 0 Å². The first-order chi connectivity index (χ1) is 21.1. The van der Waals surface area contributed by atoms with Crippen molar-refractivity contribution < 1.29 is 29.2 Å². The van der Waals surface area contributed by atoms with Gasteiger partial charge in [0.05, 0.1) is 0 Å². The Labute approximate surface area is 251 Å². The predicted molar refractivity (Wildman–Crippen MR) is 164 cm³/mol. The van der Waals surface area contributed by atoms with Crippen molar-refractivity contribution in [3.63, 3.8) is 0 Å². The number of ether oxygens (including phenoxy) is 4. The van der Waals surface area contributed by atoms with Crippen LogP contribution in [0.1, 0.15) is 33.9 Å². The molecule has 0 amide bonds. The molecule has 0 bridgehead atoms. The van der Waals surface area contributed by atoms with Crippen molar-refractivity contribution in [3.8, 4) is 23.0 Å². The highest BCUT2D eigenvalue weighted by Crippen LogP contribution is 2.42. The van der Waals surface area contributed by atoms with Crippen molar-refractivity contribution in [2.24, 2.45) is 0 Å². The Balaban J connectivity index is 1.17. The minimum Gasteiger partial charge on any atom is -0.490 e. The Kier molecular flexibility index (Phi) is 8.59. The van der Waals surface area contributed by atoms with Crippen LogP contribution in [0.15, 0.2) is 127 Å². The number of hydrogen-bond donors (Lipinski definition) is 2. The van der Waals surface area contributed by atoms with Crippen LogP contribution in [0, 0.1) is 0 Å². The summed E-state index contributed by atoms with van der Waals surface area (Å²) >= 11 is 0. The van der Waals surface area contributed by atoms with Gasteiger partial charge in [0.15, 0.2) is 11.5 Å². The lowest BCUT2D eigenvalue weighted by Gasteiger charge is -2.38. The molecule has 0 aromatic heterocycles. The number of hydrogen-bond acceptors (Lipinski definition) is 6. The third-order valence-corrected chi connectivity index (χ3v) is 7.51. The molecule has 218 valence electrons. The summed E-state index contributed by atoms with van der Waals surface area (Å²) in [6.45, 7) is 1.11. The van der Waals surface area contributed by atoms with E-state index in [0.29, 0.717) is 48.4 Å². The fourth-order valence-corrected chi connectivity index (χ4v) is 5.13. The standard InChI is InChI=1S/C37H34O6/c38-36-32-18-17-31(40-23-27-10-4-1-5-11-27)21-34(32)43-26-37(36,39)22-30-16-19-33(41-24-28-12-6-2-7-13-28)35(20-30)42-25-29-14-8-3-9-15-29/h1-21,36,38-39H,22-26H2/t36-,37+/m0/s1. The lowest BCUT2D eigenvalue weighted by atomic mass is 9.84. The van der Waals surface area contributed by atoms with Crippen molar-refractivity contribution >= 4 is 0 Å². The van der Waals surface area contributed by atoms with Crippen LogP contribution in [0.4, 0.5) is 0 Å². The van der Waals surface area contributed by atoms with Gasteiger partial charge in [0.2, 0.25) is 0 Å². The molecule has 0 saturated carbocycles. The van der Waals surface area contributed by atoms with E-state index in [1.807, 2.05) is 109 Å². The highest BCUT2D eigenvalue weighted by molar-refractivity contribution is 5.47. The van der Waals surface area contributed by atoms with Gasteiger partial charge >= 0.3 is 0 Å². The van der Waals surface area contributed by atoms with Gasteiger partial charge in [-0.05, 0) is 46.5 Å². The minimum atomic E-state index is -1.54. The van der Waals surface area contributed by atoms with Crippen LogP contribution in [0.2, 0.25) is 0 Å². The van der Waals surface area contributed by atoms with E-state index in [-0.39, 0.29) is 13.0 Å². The summed E-state index contributed by atoms with van der Waals surface area (Å²) in [4.78, 5) is 0. The molecule has 2 N–H and O–H groups in total. The summed E-state index contributed by atoms with van der Waals surface area (Å²) < 4.78 is 24.2. The van der Waals surface area contributed by atoms with Crippen molar-refractivity contribution in [1.29, 1.82) is 0 Å². The van der Waals surface area contributed by atoms with Gasteiger partial charge in [-0.1, -0.05) is 97.1 Å². The van der Waals surface area contributed by atoms with Gasteiger partial charge in [0, 0.05) is 18.1 Å². The Morgan fingerprint density at radius 1 is 0.605 bits per heavy atom. The smallest absolute Gasteiger partial charge is 0.161 e. The molecule has 6 rings (SSSR count). The molecule has 5 aromatic carbocycles. The average molecular weight is 575 g/mol. The first-order valence-corrected chi connectivity index (χ1v) is 14.4. The van der Waals surface area contributed by atoms with Gasteiger partial charge in [-0.25, -0.2) is 0 Å². The molecule has 0 saturated heterocycles. The zero-order valence-electron chi connectivity index (χ0n) is 23.8. The van der Waals surface area contributed by atoms with Crippen molar-refractivity contribution in [2.45, 2.75) is 37.9 Å². The number of benzene rings is 5. The maximum atomic E-state index is 11.6. The van der Waals surface area contributed by atoms with Gasteiger partial charge in [0.1, 0.15) is 49.6 Å². The zero-order chi connectivity index (χ0) is 29.5. The van der Waals surface area contributed by atoms with Gasteiger partial charge in [-0.3, -0.25) is 0 Å². The topological polar surface area (TPSA) is 77.4 Å². The molecule has 1 aliphatic rings. The molecular formula is C37H34O6. The summed E-state index contributed by atoms with van der Waals surface area (Å²) in [7, 11) is 0. The van der Waals surface area contributed by atoms with Crippen LogP contribution in [0.5, 0.6) is 23.0 Å². The van der Waals surface area contributed by atoms with E-state index in [0.717, 1.165) is 22.3 Å². The molecule has 0 fully saturated rings. The molecule has 0 unspecified atom stereocenters. The van der Waals surface area contributed by atoms with Crippen LogP contribution in [0.3, 0.4) is 0 Å². The van der Waals surface area contributed by atoms with E-state index in [1.165, 1.54) is 0 Å². The minimum absolute atomic E-state index is 0.0736. The highest BCUT2D eigenvalue weighted by atomic mass is 16.5. The second kappa shape index (κ2) is 13.0. The molecule has 0 radical (unpaired) electrons. The average Bonchev–Trinajstić information content (AvgIpc) is 3.06. The van der Waals surface area contributed by atoms with E-state index in [1.54, 1.807) is 18.2 Å². The van der Waals surface area contributed by atoms with E-state index >= 15 is 0 Å². The normalized spacial score (nSPS) is 17.4. The van der Waals surface area contributed by atoms with Gasteiger partial charge in [-0.2, -0.15) is 0 Å². The van der Waals surface area contributed by atoms with Gasteiger partial charge in [-0.15, -0.1) is 0 Å². The molecule has 1 aliphatic heterocycles. The summed E-state index contributed by atoms with van der Waals surface area (Å²) in [5, 5.41) is 22.9. The third-order valence-electron chi connectivity index (χ3n) is 7.51.